The molecule has 0 aliphatic heterocycles. The van der Waals surface area contributed by atoms with Gasteiger partial charge in [-0.1, -0.05) is 35.9 Å². The van der Waals surface area contributed by atoms with E-state index in [0.29, 0.717) is 36.2 Å². The Balaban J connectivity index is 2.16. The molecule has 0 fully saturated rings. The molecule has 0 radical (unpaired) electrons. The van der Waals surface area contributed by atoms with Gasteiger partial charge in [-0.15, -0.1) is 0 Å². The quantitative estimate of drug-likeness (QED) is 0.560. The average Bonchev–Trinajstić information content (AvgIpc) is 2.77. The Hall–Kier alpha value is -2.73. The molecule has 6 nitrogen and oxygen atoms in total. The molecule has 2 aromatic carbocycles. The molecule has 0 spiro atoms. The summed E-state index contributed by atoms with van der Waals surface area (Å²) in [4.78, 5) is 26.9. The molecule has 0 saturated carbocycles. The molecule has 2 rings (SSSR count). The average molecular weight is 447 g/mol. The number of nitrogens with zero attached hydrogens (tertiary/aromatic N) is 1. The topological polar surface area (TPSA) is 67.9 Å². The van der Waals surface area contributed by atoms with Crippen molar-refractivity contribution in [3.8, 4) is 11.5 Å². The zero-order valence-corrected chi connectivity index (χ0v) is 19.4. The number of likely N-dealkylation sites (N-methyl/N-ethyl adjacent to an activating group) is 1. The summed E-state index contributed by atoms with van der Waals surface area (Å²) in [5.74, 6) is 1.01. The zero-order valence-electron chi connectivity index (χ0n) is 18.6. The van der Waals surface area contributed by atoms with Gasteiger partial charge in [-0.05, 0) is 56.5 Å². The van der Waals surface area contributed by atoms with E-state index < -0.39 is 6.04 Å². The van der Waals surface area contributed by atoms with Crippen LogP contribution in [0.4, 0.5) is 0 Å². The number of benzene rings is 2. The van der Waals surface area contributed by atoms with Crippen molar-refractivity contribution in [1.82, 2.24) is 10.2 Å². The van der Waals surface area contributed by atoms with Crippen LogP contribution in [0.2, 0.25) is 5.02 Å². The van der Waals surface area contributed by atoms with Gasteiger partial charge in [-0.3, -0.25) is 9.59 Å². The molecule has 0 saturated heterocycles. The molecule has 0 aromatic heterocycles. The van der Waals surface area contributed by atoms with Gasteiger partial charge in [0, 0.05) is 25.0 Å². The molecular weight excluding hydrogens is 416 g/mol. The van der Waals surface area contributed by atoms with Gasteiger partial charge in [-0.2, -0.15) is 0 Å². The molecule has 1 unspecified atom stereocenters. The largest absolute Gasteiger partial charge is 0.490 e. The lowest BCUT2D eigenvalue weighted by Crippen LogP contribution is -2.46. The first-order valence-corrected chi connectivity index (χ1v) is 10.9. The summed E-state index contributed by atoms with van der Waals surface area (Å²) in [5, 5.41) is 3.18. The molecule has 2 amide bonds. The van der Waals surface area contributed by atoms with Gasteiger partial charge < -0.3 is 19.7 Å². The van der Waals surface area contributed by atoms with Gasteiger partial charge in [0.25, 0.3) is 0 Å². The van der Waals surface area contributed by atoms with Crippen molar-refractivity contribution < 1.29 is 19.1 Å². The first kappa shape index (κ1) is 24.5. The number of aryl methyl sites for hydroxylation is 1. The molecular formula is C24H31ClN2O4. The highest BCUT2D eigenvalue weighted by molar-refractivity contribution is 6.31. The Morgan fingerprint density at radius 2 is 1.74 bits per heavy atom. The Labute approximate surface area is 189 Å². The highest BCUT2D eigenvalue weighted by Gasteiger charge is 2.25. The standard InChI is InChI=1S/C24H31ClN2O4/c1-5-30-21-13-11-18(15-22(21)31-6-2)12-14-23(28)27(17(3)24(29)26-4)16-19-9-7-8-10-20(19)25/h7-11,13,15,17H,5-6,12,14,16H2,1-4H3,(H,26,29). The fraction of sp³-hybridized carbons (Fsp3) is 0.417. The van der Waals surface area contributed by atoms with Gasteiger partial charge >= 0.3 is 0 Å². The second-order valence-electron chi connectivity index (χ2n) is 7.05. The van der Waals surface area contributed by atoms with E-state index in [1.165, 1.54) is 0 Å². The molecule has 2 aromatic rings. The summed E-state index contributed by atoms with van der Waals surface area (Å²) >= 11 is 6.29. The van der Waals surface area contributed by atoms with Crippen molar-refractivity contribution in [2.45, 2.75) is 46.2 Å². The minimum atomic E-state index is -0.618. The van der Waals surface area contributed by atoms with Gasteiger partial charge in [0.2, 0.25) is 11.8 Å². The Bertz CT molecular complexity index is 888. The highest BCUT2D eigenvalue weighted by Crippen LogP contribution is 2.29. The highest BCUT2D eigenvalue weighted by atomic mass is 35.5. The Morgan fingerprint density at radius 3 is 2.39 bits per heavy atom. The van der Waals surface area contributed by atoms with Crippen molar-refractivity contribution in [2.75, 3.05) is 20.3 Å². The number of hydrogen-bond acceptors (Lipinski definition) is 4. The van der Waals surface area contributed by atoms with E-state index in [2.05, 4.69) is 5.32 Å². The molecule has 1 atom stereocenters. The summed E-state index contributed by atoms with van der Waals surface area (Å²) in [6, 6.07) is 12.4. The number of nitrogens with one attached hydrogen (secondary N) is 1. The van der Waals surface area contributed by atoms with Crippen LogP contribution in [0.1, 0.15) is 38.3 Å². The Kier molecular flexibility index (Phi) is 9.66. The lowest BCUT2D eigenvalue weighted by Gasteiger charge is -2.28. The summed E-state index contributed by atoms with van der Waals surface area (Å²) < 4.78 is 11.3. The van der Waals surface area contributed by atoms with Crippen LogP contribution in [-0.2, 0) is 22.6 Å². The monoisotopic (exact) mass is 446 g/mol. The molecule has 168 valence electrons. The fourth-order valence-electron chi connectivity index (χ4n) is 3.25. The predicted octanol–water partition coefficient (Wildman–Crippen LogP) is 4.23. The first-order valence-electron chi connectivity index (χ1n) is 10.5. The summed E-state index contributed by atoms with van der Waals surface area (Å²) in [6.45, 7) is 6.89. The van der Waals surface area contributed by atoms with Gasteiger partial charge in [0.15, 0.2) is 11.5 Å². The molecule has 1 N–H and O–H groups in total. The van der Waals surface area contributed by atoms with Gasteiger partial charge in [0.1, 0.15) is 6.04 Å². The third kappa shape index (κ3) is 6.89. The van der Waals surface area contributed by atoms with Crippen LogP contribution in [0.5, 0.6) is 11.5 Å². The third-order valence-electron chi connectivity index (χ3n) is 4.95. The Morgan fingerprint density at radius 1 is 1.06 bits per heavy atom. The van der Waals surface area contributed by atoms with Crippen molar-refractivity contribution in [2.24, 2.45) is 0 Å². The molecule has 0 heterocycles. The minimum absolute atomic E-state index is 0.122. The number of rotatable bonds is 11. The molecule has 0 aliphatic carbocycles. The number of halogens is 1. The normalized spacial score (nSPS) is 11.5. The zero-order chi connectivity index (χ0) is 22.8. The second-order valence-corrected chi connectivity index (χ2v) is 7.46. The van der Waals surface area contributed by atoms with Gasteiger partial charge in [-0.25, -0.2) is 0 Å². The summed E-state index contributed by atoms with van der Waals surface area (Å²) in [7, 11) is 1.56. The van der Waals surface area contributed by atoms with Crippen molar-refractivity contribution in [1.29, 1.82) is 0 Å². The van der Waals surface area contributed by atoms with E-state index in [4.69, 9.17) is 21.1 Å². The number of carbonyl (C=O) groups excluding carboxylic acids is 2. The van der Waals surface area contributed by atoms with Crippen LogP contribution < -0.4 is 14.8 Å². The second kappa shape index (κ2) is 12.2. The van der Waals surface area contributed by atoms with Crippen LogP contribution in [0.15, 0.2) is 42.5 Å². The molecule has 0 bridgehead atoms. The van der Waals surface area contributed by atoms with Crippen LogP contribution in [0.25, 0.3) is 0 Å². The van der Waals surface area contributed by atoms with E-state index in [1.54, 1.807) is 24.9 Å². The lowest BCUT2D eigenvalue weighted by molar-refractivity contribution is -0.140. The number of ether oxygens (including phenoxy) is 2. The number of hydrogen-bond donors (Lipinski definition) is 1. The van der Waals surface area contributed by atoms with E-state index >= 15 is 0 Å². The fourth-order valence-corrected chi connectivity index (χ4v) is 3.44. The number of amides is 2. The SMILES string of the molecule is CCOc1ccc(CCC(=O)N(Cc2ccccc2Cl)C(C)C(=O)NC)cc1OCC. The van der Waals surface area contributed by atoms with Crippen molar-refractivity contribution in [3.63, 3.8) is 0 Å². The first-order chi connectivity index (χ1) is 14.9. The third-order valence-corrected chi connectivity index (χ3v) is 5.32. The lowest BCUT2D eigenvalue weighted by atomic mass is 10.1. The van der Waals surface area contributed by atoms with Crippen LogP contribution in [-0.4, -0.2) is 43.0 Å². The van der Waals surface area contributed by atoms with Crippen LogP contribution in [0, 0.1) is 0 Å². The summed E-state index contributed by atoms with van der Waals surface area (Å²) in [5.41, 5.74) is 1.76. The molecule has 0 aliphatic rings. The minimum Gasteiger partial charge on any atom is -0.490 e. The summed E-state index contributed by atoms with van der Waals surface area (Å²) in [6.07, 6.45) is 0.774. The van der Waals surface area contributed by atoms with E-state index in [1.807, 2.05) is 50.2 Å². The van der Waals surface area contributed by atoms with E-state index in [9.17, 15) is 9.59 Å². The van der Waals surface area contributed by atoms with Crippen LogP contribution >= 0.6 is 11.6 Å². The maximum atomic E-state index is 13.1. The molecule has 7 heteroatoms. The van der Waals surface area contributed by atoms with E-state index in [-0.39, 0.29) is 24.8 Å². The predicted molar refractivity (Wildman–Crippen MR) is 123 cm³/mol. The maximum Gasteiger partial charge on any atom is 0.242 e. The van der Waals surface area contributed by atoms with E-state index in [0.717, 1.165) is 11.1 Å². The van der Waals surface area contributed by atoms with Gasteiger partial charge in [0.05, 0.1) is 13.2 Å². The maximum absolute atomic E-state index is 13.1. The smallest absolute Gasteiger partial charge is 0.242 e. The number of carbonyl (C=O) groups is 2. The van der Waals surface area contributed by atoms with Crippen molar-refractivity contribution >= 4 is 23.4 Å². The molecule has 31 heavy (non-hydrogen) atoms. The van der Waals surface area contributed by atoms with Crippen LogP contribution in [0.3, 0.4) is 0 Å². The van der Waals surface area contributed by atoms with Crippen molar-refractivity contribution in [3.05, 3.63) is 58.6 Å².